The molecule has 6 nitrogen and oxygen atoms in total. The molecule has 1 aromatic heterocycles. The molecule has 0 bridgehead atoms. The number of nitrogens with zero attached hydrogens (tertiary/aromatic N) is 2. The lowest BCUT2D eigenvalue weighted by Gasteiger charge is -2.38. The van der Waals surface area contributed by atoms with Crippen molar-refractivity contribution < 1.29 is 9.90 Å². The molecule has 0 aliphatic carbocycles. The van der Waals surface area contributed by atoms with Gasteiger partial charge in [0, 0.05) is 38.9 Å². The number of aromatic nitrogens is 1. The molecule has 0 saturated carbocycles. The molecule has 7 heteroatoms. The van der Waals surface area contributed by atoms with Crippen molar-refractivity contribution in [2.75, 3.05) is 32.7 Å². The van der Waals surface area contributed by atoms with Gasteiger partial charge < -0.3 is 15.0 Å². The highest BCUT2D eigenvalue weighted by Gasteiger charge is 2.28. The summed E-state index contributed by atoms with van der Waals surface area (Å²) in [5.41, 5.74) is -0.165. The zero-order valence-corrected chi connectivity index (χ0v) is 14.6. The van der Waals surface area contributed by atoms with E-state index in [9.17, 15) is 14.7 Å². The first-order valence-electron chi connectivity index (χ1n) is 7.76. The van der Waals surface area contributed by atoms with Crippen LogP contribution in [-0.4, -0.2) is 64.6 Å². The van der Waals surface area contributed by atoms with E-state index < -0.39 is 11.7 Å². The third-order valence-electron chi connectivity index (χ3n) is 4.20. The van der Waals surface area contributed by atoms with Gasteiger partial charge in [0.25, 0.3) is 11.5 Å². The fourth-order valence-corrected chi connectivity index (χ4v) is 2.59. The third-order valence-corrected chi connectivity index (χ3v) is 4.48. The Labute approximate surface area is 141 Å². The Morgan fingerprint density at radius 2 is 1.96 bits per heavy atom. The minimum Gasteiger partial charge on any atom is -0.391 e. The fourth-order valence-electron chi connectivity index (χ4n) is 2.41. The zero-order valence-electron chi connectivity index (χ0n) is 13.8. The average Bonchev–Trinajstić information content (AvgIpc) is 2.49. The first-order valence-corrected chi connectivity index (χ1v) is 8.14. The highest BCUT2D eigenvalue weighted by Crippen LogP contribution is 2.20. The first-order chi connectivity index (χ1) is 10.7. The van der Waals surface area contributed by atoms with E-state index in [0.717, 1.165) is 13.1 Å². The number of amides is 1. The molecule has 0 aromatic carbocycles. The number of aliphatic hydroxyl groups excluding tert-OH is 1. The molecule has 2 rings (SSSR count). The van der Waals surface area contributed by atoms with Crippen LogP contribution < -0.4 is 5.56 Å². The molecule has 1 aromatic rings. The van der Waals surface area contributed by atoms with E-state index >= 15 is 0 Å². The number of nitrogens with one attached hydrogen (secondary N) is 1. The van der Waals surface area contributed by atoms with Gasteiger partial charge in [-0.2, -0.15) is 0 Å². The number of H-pyrrole nitrogens is 1. The Balaban J connectivity index is 1.92. The maximum atomic E-state index is 12.4. The fraction of sp³-hybridized carbons (Fsp3) is 0.625. The van der Waals surface area contributed by atoms with Crippen molar-refractivity contribution in [2.24, 2.45) is 5.41 Å². The predicted molar refractivity (Wildman–Crippen MR) is 89.9 cm³/mol. The van der Waals surface area contributed by atoms with Crippen LogP contribution in [0.5, 0.6) is 0 Å². The van der Waals surface area contributed by atoms with Crippen LogP contribution in [0.3, 0.4) is 0 Å². The molecule has 0 spiro atoms. The van der Waals surface area contributed by atoms with E-state index in [2.05, 4.69) is 9.88 Å². The van der Waals surface area contributed by atoms with Gasteiger partial charge in [-0.15, -0.1) is 0 Å². The van der Waals surface area contributed by atoms with Crippen LogP contribution in [-0.2, 0) is 0 Å². The van der Waals surface area contributed by atoms with Crippen molar-refractivity contribution in [1.82, 2.24) is 14.8 Å². The number of halogens is 1. The van der Waals surface area contributed by atoms with E-state index in [0.29, 0.717) is 25.2 Å². The molecule has 1 aliphatic rings. The summed E-state index contributed by atoms with van der Waals surface area (Å²) >= 11 is 5.77. The quantitative estimate of drug-likeness (QED) is 0.866. The predicted octanol–water partition coefficient (Wildman–Crippen LogP) is 1.19. The normalized spacial score (nSPS) is 18.0. The summed E-state index contributed by atoms with van der Waals surface area (Å²) in [6.07, 6.45) is 0.995. The van der Waals surface area contributed by atoms with Gasteiger partial charge in [0.1, 0.15) is 5.02 Å². The number of hydrogen-bond donors (Lipinski definition) is 2. The van der Waals surface area contributed by atoms with Crippen LogP contribution in [0.4, 0.5) is 0 Å². The molecule has 1 aliphatic heterocycles. The van der Waals surface area contributed by atoms with Crippen LogP contribution >= 0.6 is 11.6 Å². The molecule has 2 N–H and O–H groups in total. The Morgan fingerprint density at radius 1 is 1.35 bits per heavy atom. The number of hydrogen-bond acceptors (Lipinski definition) is 4. The Hall–Kier alpha value is -1.37. The van der Waals surface area contributed by atoms with Gasteiger partial charge in [-0.25, -0.2) is 0 Å². The van der Waals surface area contributed by atoms with Crippen LogP contribution in [0.1, 0.15) is 31.1 Å². The molecule has 0 radical (unpaired) electrons. The number of β-amino-alcohol motifs (C(OH)–C–C–N with tert-alkyl or cyclic N) is 1. The number of aliphatic hydroxyl groups is 1. The second-order valence-electron chi connectivity index (χ2n) is 7.04. The topological polar surface area (TPSA) is 76.6 Å². The van der Waals surface area contributed by atoms with Gasteiger partial charge in [-0.05, 0) is 11.5 Å². The smallest absolute Gasteiger partial charge is 0.266 e. The lowest BCUT2D eigenvalue weighted by Crippen LogP contribution is -2.51. The van der Waals surface area contributed by atoms with Crippen LogP contribution in [0.2, 0.25) is 5.02 Å². The summed E-state index contributed by atoms with van der Waals surface area (Å²) in [7, 11) is 0. The van der Waals surface area contributed by atoms with E-state index in [1.54, 1.807) is 4.90 Å². The van der Waals surface area contributed by atoms with Crippen molar-refractivity contribution in [2.45, 2.75) is 26.9 Å². The first kappa shape index (κ1) is 18.0. The number of rotatable bonds is 3. The Morgan fingerprint density at radius 3 is 2.48 bits per heavy atom. The largest absolute Gasteiger partial charge is 0.391 e. The molecule has 1 atom stereocenters. The Bertz CT molecular complexity index is 616. The molecule has 128 valence electrons. The van der Waals surface area contributed by atoms with Crippen LogP contribution in [0, 0.1) is 5.41 Å². The standard InChI is InChI=1S/C16H24ClN3O3/c1-16(2,3)13(21)10-19-4-6-20(7-5-19)15(23)11-8-12(17)14(22)18-9-11/h8-9,13,21H,4-7,10H2,1-3H3,(H,18,22). The lowest BCUT2D eigenvalue weighted by molar-refractivity contribution is 0.0137. The summed E-state index contributed by atoms with van der Waals surface area (Å²) in [5, 5.41) is 10.2. The lowest BCUT2D eigenvalue weighted by atomic mass is 9.89. The SMILES string of the molecule is CC(C)(C)C(O)CN1CCN(C(=O)c2c[nH]c(=O)c(Cl)c2)CC1. The summed E-state index contributed by atoms with van der Waals surface area (Å²) in [6, 6.07) is 1.40. The van der Waals surface area contributed by atoms with Gasteiger partial charge in [-0.3, -0.25) is 14.5 Å². The Kier molecular flexibility index (Phi) is 5.49. The van der Waals surface area contributed by atoms with Gasteiger partial charge in [0.15, 0.2) is 0 Å². The van der Waals surface area contributed by atoms with Crippen molar-refractivity contribution in [3.63, 3.8) is 0 Å². The van der Waals surface area contributed by atoms with Crippen molar-refractivity contribution >= 4 is 17.5 Å². The van der Waals surface area contributed by atoms with E-state index in [4.69, 9.17) is 11.6 Å². The monoisotopic (exact) mass is 341 g/mol. The second-order valence-corrected chi connectivity index (χ2v) is 7.45. The van der Waals surface area contributed by atoms with Gasteiger partial charge in [0.05, 0.1) is 11.7 Å². The molecule has 1 unspecified atom stereocenters. The molecule has 1 amide bonds. The minimum atomic E-state index is -0.400. The third kappa shape index (κ3) is 4.56. The maximum absolute atomic E-state index is 12.4. The number of aromatic amines is 1. The minimum absolute atomic E-state index is 0.0165. The highest BCUT2D eigenvalue weighted by molar-refractivity contribution is 6.30. The highest BCUT2D eigenvalue weighted by atomic mass is 35.5. The zero-order chi connectivity index (χ0) is 17.2. The van der Waals surface area contributed by atoms with Crippen molar-refractivity contribution in [1.29, 1.82) is 0 Å². The van der Waals surface area contributed by atoms with Crippen molar-refractivity contribution in [3.8, 4) is 0 Å². The molecule has 1 saturated heterocycles. The van der Waals surface area contributed by atoms with Crippen LogP contribution in [0.15, 0.2) is 17.1 Å². The molecule has 1 fully saturated rings. The molecular weight excluding hydrogens is 318 g/mol. The average molecular weight is 342 g/mol. The van der Waals surface area contributed by atoms with E-state index in [-0.39, 0.29) is 16.3 Å². The molecular formula is C16H24ClN3O3. The van der Waals surface area contributed by atoms with Crippen LogP contribution in [0.25, 0.3) is 0 Å². The number of carbonyl (C=O) groups excluding carboxylic acids is 1. The summed E-state index contributed by atoms with van der Waals surface area (Å²) in [5.74, 6) is -0.140. The van der Waals surface area contributed by atoms with Gasteiger partial charge in [0.2, 0.25) is 0 Å². The number of pyridine rings is 1. The molecule has 23 heavy (non-hydrogen) atoms. The van der Waals surface area contributed by atoms with Crippen molar-refractivity contribution in [3.05, 3.63) is 33.2 Å². The summed E-state index contributed by atoms with van der Waals surface area (Å²) < 4.78 is 0. The van der Waals surface area contributed by atoms with Gasteiger partial charge in [-0.1, -0.05) is 32.4 Å². The summed E-state index contributed by atoms with van der Waals surface area (Å²) in [4.78, 5) is 30.1. The summed E-state index contributed by atoms with van der Waals surface area (Å²) in [6.45, 7) is 9.26. The molecule has 2 heterocycles. The number of carbonyl (C=O) groups is 1. The number of piperazine rings is 1. The second kappa shape index (κ2) is 7.03. The van der Waals surface area contributed by atoms with E-state index in [1.807, 2.05) is 20.8 Å². The van der Waals surface area contributed by atoms with Gasteiger partial charge >= 0.3 is 0 Å². The maximum Gasteiger partial charge on any atom is 0.266 e. The van der Waals surface area contributed by atoms with E-state index in [1.165, 1.54) is 12.3 Å².